The molecule has 4 rings (SSSR count). The summed E-state index contributed by atoms with van der Waals surface area (Å²) in [6.07, 6.45) is 1.68. The first-order chi connectivity index (χ1) is 10.9. The average Bonchev–Trinajstić information content (AvgIpc) is 3.26. The molecule has 0 bridgehead atoms. The van der Waals surface area contributed by atoms with Crippen LogP contribution in [0.3, 0.4) is 0 Å². The lowest BCUT2D eigenvalue weighted by Crippen LogP contribution is -1.76. The topological polar surface area (TPSA) is 26.3 Å². The Morgan fingerprint density at radius 2 is 1.27 bits per heavy atom. The number of furan rings is 2. The van der Waals surface area contributed by atoms with E-state index in [1.165, 1.54) is 0 Å². The molecule has 0 amide bonds. The molecule has 2 aromatic heterocycles. The highest BCUT2D eigenvalue weighted by Gasteiger charge is 2.17. The Hall–Kier alpha value is -3.00. The first-order valence-electron chi connectivity index (χ1n) is 7.20. The predicted molar refractivity (Wildman–Crippen MR) is 87.3 cm³/mol. The van der Waals surface area contributed by atoms with Gasteiger partial charge in [-0.25, -0.2) is 0 Å². The second-order valence-electron chi connectivity index (χ2n) is 5.06. The SMILES string of the molecule is c1ccc(-c2cc(-c3ccco3)c(-c3ccccc3)o2)cc1. The van der Waals surface area contributed by atoms with Gasteiger partial charge in [0.1, 0.15) is 17.3 Å². The van der Waals surface area contributed by atoms with Crippen molar-refractivity contribution in [3.63, 3.8) is 0 Å². The standard InChI is InChI=1S/C20H14O2/c1-3-8-15(9-4-1)19-14-17(18-12-7-13-21-18)20(22-19)16-10-5-2-6-11-16/h1-14H. The van der Waals surface area contributed by atoms with Crippen LogP contribution >= 0.6 is 0 Å². The number of benzene rings is 2. The van der Waals surface area contributed by atoms with Crippen molar-refractivity contribution in [3.8, 4) is 34.0 Å². The van der Waals surface area contributed by atoms with Crippen LogP contribution in [0.15, 0.2) is 94.0 Å². The molecule has 2 nitrogen and oxygen atoms in total. The zero-order valence-electron chi connectivity index (χ0n) is 11.9. The third kappa shape index (κ3) is 2.25. The summed E-state index contributed by atoms with van der Waals surface area (Å²) in [5.41, 5.74) is 3.06. The quantitative estimate of drug-likeness (QED) is 0.470. The lowest BCUT2D eigenvalue weighted by atomic mass is 10.1. The molecule has 0 spiro atoms. The van der Waals surface area contributed by atoms with Gasteiger partial charge in [0.15, 0.2) is 0 Å². The molecule has 0 unspecified atom stereocenters. The summed E-state index contributed by atoms with van der Waals surface area (Å²) < 4.78 is 11.7. The van der Waals surface area contributed by atoms with Crippen LogP contribution in [0.5, 0.6) is 0 Å². The van der Waals surface area contributed by atoms with E-state index in [2.05, 4.69) is 0 Å². The summed E-state index contributed by atoms with van der Waals surface area (Å²) >= 11 is 0. The van der Waals surface area contributed by atoms with E-state index in [-0.39, 0.29) is 0 Å². The first-order valence-corrected chi connectivity index (χ1v) is 7.20. The molecule has 2 heterocycles. The fourth-order valence-electron chi connectivity index (χ4n) is 2.55. The molecule has 0 fully saturated rings. The van der Waals surface area contributed by atoms with Crippen molar-refractivity contribution < 1.29 is 8.83 Å². The van der Waals surface area contributed by atoms with Crippen molar-refractivity contribution in [2.24, 2.45) is 0 Å². The first kappa shape index (κ1) is 12.7. The maximum atomic E-state index is 6.15. The Morgan fingerprint density at radius 1 is 0.591 bits per heavy atom. The zero-order chi connectivity index (χ0) is 14.8. The van der Waals surface area contributed by atoms with Crippen LogP contribution in [-0.2, 0) is 0 Å². The summed E-state index contributed by atoms with van der Waals surface area (Å²) in [7, 11) is 0. The molecule has 0 N–H and O–H groups in total. The van der Waals surface area contributed by atoms with Crippen LogP contribution in [0.4, 0.5) is 0 Å². The van der Waals surface area contributed by atoms with Gasteiger partial charge in [-0.1, -0.05) is 60.7 Å². The van der Waals surface area contributed by atoms with E-state index < -0.39 is 0 Å². The summed E-state index contributed by atoms with van der Waals surface area (Å²) in [5, 5.41) is 0. The average molecular weight is 286 g/mol. The highest BCUT2D eigenvalue weighted by molar-refractivity contribution is 5.81. The van der Waals surface area contributed by atoms with E-state index in [4.69, 9.17) is 8.83 Å². The van der Waals surface area contributed by atoms with Gasteiger partial charge in [0.25, 0.3) is 0 Å². The molecule has 0 radical (unpaired) electrons. The Bertz CT molecular complexity index is 857. The summed E-state index contributed by atoms with van der Waals surface area (Å²) in [5.74, 6) is 2.48. The summed E-state index contributed by atoms with van der Waals surface area (Å²) in [4.78, 5) is 0. The summed E-state index contributed by atoms with van der Waals surface area (Å²) in [6, 6.07) is 26.1. The fraction of sp³-hybridized carbons (Fsp3) is 0. The summed E-state index contributed by atoms with van der Waals surface area (Å²) in [6.45, 7) is 0. The van der Waals surface area contributed by atoms with Crippen LogP contribution in [0.25, 0.3) is 34.0 Å². The number of hydrogen-bond acceptors (Lipinski definition) is 2. The van der Waals surface area contributed by atoms with E-state index in [1.807, 2.05) is 78.9 Å². The van der Waals surface area contributed by atoms with E-state index in [1.54, 1.807) is 6.26 Å². The molecule has 0 saturated heterocycles. The van der Waals surface area contributed by atoms with E-state index >= 15 is 0 Å². The van der Waals surface area contributed by atoms with Gasteiger partial charge in [0.05, 0.1) is 11.8 Å². The maximum Gasteiger partial charge on any atom is 0.145 e. The van der Waals surface area contributed by atoms with Crippen molar-refractivity contribution in [2.75, 3.05) is 0 Å². The number of rotatable bonds is 3. The molecule has 4 aromatic rings. The molecule has 0 aliphatic heterocycles. The van der Waals surface area contributed by atoms with Crippen molar-refractivity contribution in [3.05, 3.63) is 85.1 Å². The number of hydrogen-bond donors (Lipinski definition) is 0. The van der Waals surface area contributed by atoms with Crippen LogP contribution in [0.2, 0.25) is 0 Å². The highest BCUT2D eigenvalue weighted by Crippen LogP contribution is 2.38. The van der Waals surface area contributed by atoms with Gasteiger partial charge < -0.3 is 8.83 Å². The van der Waals surface area contributed by atoms with Gasteiger partial charge in [-0.3, -0.25) is 0 Å². The maximum absolute atomic E-state index is 6.15. The van der Waals surface area contributed by atoms with Gasteiger partial charge in [-0.2, -0.15) is 0 Å². The van der Waals surface area contributed by atoms with Gasteiger partial charge in [0, 0.05) is 11.1 Å². The highest BCUT2D eigenvalue weighted by atomic mass is 16.4. The second-order valence-corrected chi connectivity index (χ2v) is 5.06. The van der Waals surface area contributed by atoms with Crippen molar-refractivity contribution >= 4 is 0 Å². The molecule has 0 saturated carbocycles. The molecule has 0 atom stereocenters. The molecular weight excluding hydrogens is 272 g/mol. The Labute approximate surface area is 128 Å². The smallest absolute Gasteiger partial charge is 0.145 e. The molecule has 0 aliphatic rings. The van der Waals surface area contributed by atoms with Gasteiger partial charge in [0.2, 0.25) is 0 Å². The van der Waals surface area contributed by atoms with Gasteiger partial charge in [-0.15, -0.1) is 0 Å². The minimum Gasteiger partial charge on any atom is -0.464 e. The Morgan fingerprint density at radius 3 is 1.91 bits per heavy atom. The lowest BCUT2D eigenvalue weighted by Gasteiger charge is -2.00. The van der Waals surface area contributed by atoms with E-state index in [0.717, 1.165) is 34.0 Å². The molecule has 106 valence electrons. The third-order valence-electron chi connectivity index (χ3n) is 3.61. The van der Waals surface area contributed by atoms with Crippen molar-refractivity contribution in [1.29, 1.82) is 0 Å². The third-order valence-corrected chi connectivity index (χ3v) is 3.61. The Balaban J connectivity index is 1.91. The molecular formula is C20H14O2. The minimum absolute atomic E-state index is 0.810. The molecule has 2 aromatic carbocycles. The molecule has 22 heavy (non-hydrogen) atoms. The minimum atomic E-state index is 0.810. The van der Waals surface area contributed by atoms with Crippen molar-refractivity contribution in [1.82, 2.24) is 0 Å². The van der Waals surface area contributed by atoms with Crippen LogP contribution in [0, 0.1) is 0 Å². The van der Waals surface area contributed by atoms with Gasteiger partial charge >= 0.3 is 0 Å². The van der Waals surface area contributed by atoms with Crippen molar-refractivity contribution in [2.45, 2.75) is 0 Å². The largest absolute Gasteiger partial charge is 0.464 e. The second kappa shape index (κ2) is 5.41. The van der Waals surface area contributed by atoms with E-state index in [9.17, 15) is 0 Å². The van der Waals surface area contributed by atoms with Crippen LogP contribution < -0.4 is 0 Å². The normalized spacial score (nSPS) is 10.7. The van der Waals surface area contributed by atoms with Crippen LogP contribution in [-0.4, -0.2) is 0 Å². The predicted octanol–water partition coefficient (Wildman–Crippen LogP) is 5.87. The zero-order valence-corrected chi connectivity index (χ0v) is 11.9. The van der Waals surface area contributed by atoms with Gasteiger partial charge in [-0.05, 0) is 18.2 Å². The monoisotopic (exact) mass is 286 g/mol. The van der Waals surface area contributed by atoms with Crippen LogP contribution in [0.1, 0.15) is 0 Å². The Kier molecular flexibility index (Phi) is 3.13. The fourth-order valence-corrected chi connectivity index (χ4v) is 2.55. The molecule has 2 heteroatoms. The molecule has 0 aliphatic carbocycles. The lowest BCUT2D eigenvalue weighted by molar-refractivity contribution is 0.576. The van der Waals surface area contributed by atoms with E-state index in [0.29, 0.717) is 0 Å².